The lowest BCUT2D eigenvalue weighted by Gasteiger charge is -2.42. The largest absolute Gasteiger partial charge is 0.493 e. The van der Waals surface area contributed by atoms with E-state index in [-0.39, 0.29) is 5.92 Å². The Bertz CT molecular complexity index is 950. The Hall–Kier alpha value is -2.62. The predicted octanol–water partition coefficient (Wildman–Crippen LogP) is 5.97. The lowest BCUT2D eigenvalue weighted by molar-refractivity contribution is -0.0164. The molecule has 3 aromatic carbocycles. The molecule has 1 unspecified atom stereocenters. The molecular weight excluding hydrogens is 406 g/mol. The summed E-state index contributed by atoms with van der Waals surface area (Å²) in [6.45, 7) is 10.2. The lowest BCUT2D eigenvalue weighted by atomic mass is 9.72. The highest BCUT2D eigenvalue weighted by atomic mass is 16.5. The molecule has 4 rings (SSSR count). The third-order valence-electron chi connectivity index (χ3n) is 6.91. The summed E-state index contributed by atoms with van der Waals surface area (Å²) in [7, 11) is 0. The Labute approximate surface area is 199 Å². The van der Waals surface area contributed by atoms with Crippen LogP contribution in [0.4, 0.5) is 0 Å². The van der Waals surface area contributed by atoms with Gasteiger partial charge in [0.15, 0.2) is 0 Å². The molecule has 1 saturated heterocycles. The van der Waals surface area contributed by atoms with Gasteiger partial charge < -0.3 is 14.7 Å². The van der Waals surface area contributed by atoms with Crippen LogP contribution < -0.4 is 4.74 Å². The van der Waals surface area contributed by atoms with Crippen molar-refractivity contribution in [3.63, 3.8) is 0 Å². The van der Waals surface area contributed by atoms with Crippen LogP contribution in [-0.4, -0.2) is 36.2 Å². The first-order valence-corrected chi connectivity index (χ1v) is 12.2. The summed E-state index contributed by atoms with van der Waals surface area (Å²) in [5, 5.41) is 12.1. The number of hydrogen-bond acceptors (Lipinski definition) is 3. The minimum atomic E-state index is -0.952. The number of hydrogen-bond donors (Lipinski definition) is 1. The van der Waals surface area contributed by atoms with Crippen LogP contribution in [-0.2, 0) is 5.60 Å². The van der Waals surface area contributed by atoms with Crippen LogP contribution >= 0.6 is 0 Å². The van der Waals surface area contributed by atoms with Gasteiger partial charge in [-0.25, -0.2) is 0 Å². The second-order valence-corrected chi connectivity index (χ2v) is 9.81. The van der Waals surface area contributed by atoms with Gasteiger partial charge in [-0.15, -0.1) is 0 Å². The number of rotatable bonds is 8. The van der Waals surface area contributed by atoms with E-state index in [4.69, 9.17) is 4.74 Å². The van der Waals surface area contributed by atoms with Gasteiger partial charge in [0.1, 0.15) is 11.4 Å². The third-order valence-corrected chi connectivity index (χ3v) is 6.91. The van der Waals surface area contributed by atoms with E-state index >= 15 is 0 Å². The van der Waals surface area contributed by atoms with Crippen molar-refractivity contribution < 1.29 is 9.84 Å². The summed E-state index contributed by atoms with van der Waals surface area (Å²) in [6.07, 6.45) is 1.95. The summed E-state index contributed by atoms with van der Waals surface area (Å²) in [4.78, 5) is 2.53. The van der Waals surface area contributed by atoms with Gasteiger partial charge in [-0.3, -0.25) is 0 Å². The Morgan fingerprint density at radius 3 is 1.91 bits per heavy atom. The van der Waals surface area contributed by atoms with E-state index < -0.39 is 5.60 Å². The molecule has 3 nitrogen and oxygen atoms in total. The summed E-state index contributed by atoms with van der Waals surface area (Å²) >= 11 is 0. The lowest BCUT2D eigenvalue weighted by Crippen LogP contribution is -2.45. The van der Waals surface area contributed by atoms with Gasteiger partial charge in [0, 0.05) is 12.5 Å². The van der Waals surface area contributed by atoms with E-state index in [1.807, 2.05) is 36.4 Å². The molecule has 0 spiro atoms. The maximum Gasteiger partial charge on any atom is 0.119 e. The molecule has 1 fully saturated rings. The first kappa shape index (κ1) is 23.5. The topological polar surface area (TPSA) is 32.7 Å². The van der Waals surface area contributed by atoms with Crippen LogP contribution in [0, 0.1) is 25.7 Å². The van der Waals surface area contributed by atoms with Gasteiger partial charge >= 0.3 is 0 Å². The molecule has 1 atom stereocenters. The highest BCUT2D eigenvalue weighted by Crippen LogP contribution is 2.41. The summed E-state index contributed by atoms with van der Waals surface area (Å²) in [5.41, 5.74) is 3.51. The van der Waals surface area contributed by atoms with Crippen molar-refractivity contribution in [2.24, 2.45) is 11.8 Å². The number of nitrogens with zero attached hydrogens (tertiary/aromatic N) is 1. The molecule has 1 aliphatic heterocycles. The van der Waals surface area contributed by atoms with Gasteiger partial charge in [-0.2, -0.15) is 0 Å². The SMILES string of the molecule is Cc1cc(C)cc(OCC(C)CN2CCC(C(O)(c3ccccc3)c3ccccc3)CC2)c1. The zero-order valence-corrected chi connectivity index (χ0v) is 20.2. The first-order chi connectivity index (χ1) is 15.9. The summed E-state index contributed by atoms with van der Waals surface area (Å²) < 4.78 is 6.10. The number of benzene rings is 3. The monoisotopic (exact) mass is 443 g/mol. The van der Waals surface area contributed by atoms with Crippen molar-refractivity contribution in [1.82, 2.24) is 4.90 Å². The van der Waals surface area contributed by atoms with E-state index in [0.29, 0.717) is 5.92 Å². The van der Waals surface area contributed by atoms with E-state index in [9.17, 15) is 5.11 Å². The van der Waals surface area contributed by atoms with E-state index in [1.165, 1.54) is 11.1 Å². The molecule has 174 valence electrons. The fourth-order valence-corrected chi connectivity index (χ4v) is 5.30. The standard InChI is InChI=1S/C30H37NO2/c1-23-18-24(2)20-29(19-23)33-22-25(3)21-31-16-14-28(15-17-31)30(32,26-10-6-4-7-11-26)27-12-8-5-9-13-27/h4-13,18-20,25,28,32H,14-17,21-22H2,1-3H3. The molecule has 0 saturated carbocycles. The van der Waals surface area contributed by atoms with E-state index in [1.54, 1.807) is 0 Å². The average Bonchev–Trinajstić information content (AvgIpc) is 2.83. The first-order valence-electron chi connectivity index (χ1n) is 12.2. The molecule has 0 bridgehead atoms. The van der Waals surface area contributed by atoms with E-state index in [2.05, 4.69) is 68.1 Å². The fourth-order valence-electron chi connectivity index (χ4n) is 5.30. The zero-order chi connectivity index (χ0) is 23.3. The molecule has 3 heteroatoms. The molecule has 0 aromatic heterocycles. The molecule has 0 radical (unpaired) electrons. The number of aliphatic hydroxyl groups is 1. The highest BCUT2D eigenvalue weighted by Gasteiger charge is 2.41. The molecule has 1 heterocycles. The summed E-state index contributed by atoms with van der Waals surface area (Å²) in [6, 6.07) is 26.8. The van der Waals surface area contributed by atoms with Crippen molar-refractivity contribution in [3.05, 3.63) is 101 Å². The maximum atomic E-state index is 12.1. The molecule has 1 aliphatic rings. The minimum Gasteiger partial charge on any atom is -0.493 e. The smallest absolute Gasteiger partial charge is 0.119 e. The molecular formula is C30H37NO2. The second-order valence-electron chi connectivity index (χ2n) is 9.81. The molecule has 3 aromatic rings. The van der Waals surface area contributed by atoms with Crippen molar-refractivity contribution in [1.29, 1.82) is 0 Å². The quantitative estimate of drug-likeness (QED) is 0.466. The maximum absolute atomic E-state index is 12.1. The number of ether oxygens (including phenoxy) is 1. The minimum absolute atomic E-state index is 0.195. The van der Waals surface area contributed by atoms with Gasteiger partial charge in [0.2, 0.25) is 0 Å². The van der Waals surface area contributed by atoms with Crippen LogP contribution in [0.3, 0.4) is 0 Å². The zero-order valence-electron chi connectivity index (χ0n) is 20.2. The van der Waals surface area contributed by atoms with Crippen LogP contribution in [0.25, 0.3) is 0 Å². The number of aryl methyl sites for hydroxylation is 2. The van der Waals surface area contributed by atoms with Crippen LogP contribution in [0.15, 0.2) is 78.9 Å². The average molecular weight is 444 g/mol. The molecule has 0 amide bonds. The van der Waals surface area contributed by atoms with Crippen molar-refractivity contribution >= 4 is 0 Å². The third kappa shape index (κ3) is 5.66. The highest BCUT2D eigenvalue weighted by molar-refractivity contribution is 5.37. The predicted molar refractivity (Wildman–Crippen MR) is 136 cm³/mol. The Morgan fingerprint density at radius 1 is 0.879 bits per heavy atom. The van der Waals surface area contributed by atoms with Gasteiger partial charge in [-0.1, -0.05) is 73.7 Å². The van der Waals surface area contributed by atoms with Gasteiger partial charge in [0.05, 0.1) is 6.61 Å². The van der Waals surface area contributed by atoms with Crippen molar-refractivity contribution in [2.75, 3.05) is 26.2 Å². The normalized spacial score (nSPS) is 16.5. The van der Waals surface area contributed by atoms with Crippen LogP contribution in [0.2, 0.25) is 0 Å². The molecule has 1 N–H and O–H groups in total. The molecule has 0 aliphatic carbocycles. The fraction of sp³-hybridized carbons (Fsp3) is 0.400. The Balaban J connectivity index is 1.37. The van der Waals surface area contributed by atoms with Crippen LogP contribution in [0.1, 0.15) is 42.0 Å². The Kier molecular flexibility index (Phi) is 7.52. The van der Waals surface area contributed by atoms with Crippen LogP contribution in [0.5, 0.6) is 5.75 Å². The number of piperidine rings is 1. The van der Waals surface area contributed by atoms with Gasteiger partial charge in [0.25, 0.3) is 0 Å². The van der Waals surface area contributed by atoms with Crippen molar-refractivity contribution in [2.45, 2.75) is 39.2 Å². The molecule has 33 heavy (non-hydrogen) atoms. The second kappa shape index (κ2) is 10.5. The van der Waals surface area contributed by atoms with E-state index in [0.717, 1.165) is 56.0 Å². The summed E-state index contributed by atoms with van der Waals surface area (Å²) in [5.74, 6) is 1.61. The van der Waals surface area contributed by atoms with Gasteiger partial charge in [-0.05, 0) is 80.1 Å². The number of likely N-dealkylation sites (tertiary alicyclic amines) is 1. The van der Waals surface area contributed by atoms with Crippen molar-refractivity contribution in [3.8, 4) is 5.75 Å². The Morgan fingerprint density at radius 2 is 1.39 bits per heavy atom.